The number of ether oxygens (including phenoxy) is 1. The molecule has 1 aliphatic carbocycles. The molecule has 0 bridgehead atoms. The lowest BCUT2D eigenvalue weighted by Crippen LogP contribution is -2.41. The molecule has 1 aliphatic heterocycles. The molecule has 1 saturated heterocycles. The SMILES string of the molecule is COc1ccc(C(=O)N2CCC(C(=O)Nc3ccccc3)CC2)cc1S(=O)(=O)NC1CC1. The number of anilines is 1. The van der Waals surface area contributed by atoms with Crippen LogP contribution in [0.15, 0.2) is 53.4 Å². The fourth-order valence-electron chi connectivity index (χ4n) is 3.80. The Hall–Kier alpha value is -2.91. The van der Waals surface area contributed by atoms with E-state index in [-0.39, 0.29) is 40.0 Å². The molecule has 2 aromatic carbocycles. The number of nitrogens with zero attached hydrogens (tertiary/aromatic N) is 1. The largest absolute Gasteiger partial charge is 0.495 e. The van der Waals surface area contributed by atoms with Gasteiger partial charge in [0.1, 0.15) is 10.6 Å². The Kier molecular flexibility index (Phi) is 6.48. The van der Waals surface area contributed by atoms with Gasteiger partial charge in [-0.05, 0) is 56.0 Å². The molecule has 0 atom stereocenters. The molecule has 1 heterocycles. The average Bonchev–Trinajstić information content (AvgIpc) is 3.62. The van der Waals surface area contributed by atoms with Crippen molar-refractivity contribution < 1.29 is 22.7 Å². The number of rotatable bonds is 7. The third-order valence-electron chi connectivity index (χ3n) is 5.79. The molecule has 2 aliphatic rings. The van der Waals surface area contributed by atoms with Crippen molar-refractivity contribution in [3.63, 3.8) is 0 Å². The third kappa shape index (κ3) is 5.11. The number of carbonyl (C=O) groups is 2. The van der Waals surface area contributed by atoms with Gasteiger partial charge in [0.2, 0.25) is 15.9 Å². The third-order valence-corrected chi connectivity index (χ3v) is 7.34. The molecule has 9 heteroatoms. The van der Waals surface area contributed by atoms with E-state index in [4.69, 9.17) is 4.74 Å². The molecule has 0 radical (unpaired) electrons. The van der Waals surface area contributed by atoms with Crippen molar-refractivity contribution in [2.24, 2.45) is 5.92 Å². The van der Waals surface area contributed by atoms with Gasteiger partial charge in [-0.25, -0.2) is 13.1 Å². The summed E-state index contributed by atoms with van der Waals surface area (Å²) in [6, 6.07) is 13.7. The van der Waals surface area contributed by atoms with E-state index in [1.165, 1.54) is 19.2 Å². The molecular weight excluding hydrogens is 430 g/mol. The fraction of sp³-hybridized carbons (Fsp3) is 0.391. The molecule has 2 fully saturated rings. The first-order chi connectivity index (χ1) is 15.4. The van der Waals surface area contributed by atoms with Crippen LogP contribution in [0.5, 0.6) is 5.75 Å². The van der Waals surface area contributed by atoms with Gasteiger partial charge >= 0.3 is 0 Å². The van der Waals surface area contributed by atoms with Gasteiger partial charge in [0.25, 0.3) is 5.91 Å². The summed E-state index contributed by atoms with van der Waals surface area (Å²) in [6.45, 7) is 0.861. The standard InChI is InChI=1S/C23H27N3O5S/c1-31-20-10-7-17(15-21(20)32(29,30)25-19-8-9-19)23(28)26-13-11-16(12-14-26)22(27)24-18-5-3-2-4-6-18/h2-7,10,15-16,19,25H,8-9,11-14H2,1H3,(H,24,27). The lowest BCUT2D eigenvalue weighted by atomic mass is 9.95. The predicted octanol–water partition coefficient (Wildman–Crippen LogP) is 2.63. The smallest absolute Gasteiger partial charge is 0.253 e. The quantitative estimate of drug-likeness (QED) is 0.665. The Morgan fingerprint density at radius 1 is 1.00 bits per heavy atom. The van der Waals surface area contributed by atoms with Gasteiger partial charge in [-0.1, -0.05) is 18.2 Å². The predicted molar refractivity (Wildman–Crippen MR) is 120 cm³/mol. The fourth-order valence-corrected chi connectivity index (χ4v) is 5.30. The number of hydrogen-bond donors (Lipinski definition) is 2. The maximum Gasteiger partial charge on any atom is 0.253 e. The van der Waals surface area contributed by atoms with Crippen molar-refractivity contribution in [1.82, 2.24) is 9.62 Å². The van der Waals surface area contributed by atoms with E-state index < -0.39 is 10.0 Å². The molecule has 2 aromatic rings. The van der Waals surface area contributed by atoms with E-state index in [1.807, 2.05) is 30.3 Å². The van der Waals surface area contributed by atoms with Gasteiger partial charge in [-0.15, -0.1) is 0 Å². The van der Waals surface area contributed by atoms with Crippen molar-refractivity contribution in [3.05, 3.63) is 54.1 Å². The van der Waals surface area contributed by atoms with Crippen molar-refractivity contribution in [2.75, 3.05) is 25.5 Å². The molecule has 170 valence electrons. The number of benzene rings is 2. The number of hydrogen-bond acceptors (Lipinski definition) is 5. The van der Waals surface area contributed by atoms with Crippen LogP contribution in [0.25, 0.3) is 0 Å². The van der Waals surface area contributed by atoms with Gasteiger partial charge in [0.15, 0.2) is 0 Å². The Bertz CT molecular complexity index is 1090. The van der Waals surface area contributed by atoms with Crippen LogP contribution in [0.4, 0.5) is 5.69 Å². The molecular formula is C23H27N3O5S. The average molecular weight is 458 g/mol. The first kappa shape index (κ1) is 22.3. The highest BCUT2D eigenvalue weighted by Gasteiger charge is 2.32. The summed E-state index contributed by atoms with van der Waals surface area (Å²) in [5.41, 5.74) is 1.04. The van der Waals surface area contributed by atoms with Crippen LogP contribution in [0, 0.1) is 5.92 Å². The minimum atomic E-state index is -3.77. The van der Waals surface area contributed by atoms with E-state index in [1.54, 1.807) is 11.0 Å². The van der Waals surface area contributed by atoms with E-state index in [0.717, 1.165) is 18.5 Å². The highest BCUT2D eigenvalue weighted by atomic mass is 32.2. The lowest BCUT2D eigenvalue weighted by Gasteiger charge is -2.31. The van der Waals surface area contributed by atoms with Crippen LogP contribution < -0.4 is 14.8 Å². The van der Waals surface area contributed by atoms with Gasteiger partial charge < -0.3 is 15.0 Å². The summed E-state index contributed by atoms with van der Waals surface area (Å²) in [5.74, 6) is -0.274. The van der Waals surface area contributed by atoms with Crippen molar-refractivity contribution in [1.29, 1.82) is 0 Å². The molecule has 4 rings (SSSR count). The summed E-state index contributed by atoms with van der Waals surface area (Å²) in [7, 11) is -2.37. The highest BCUT2D eigenvalue weighted by Crippen LogP contribution is 2.29. The minimum Gasteiger partial charge on any atom is -0.495 e. The molecule has 0 unspecified atom stereocenters. The molecule has 0 aromatic heterocycles. The first-order valence-electron chi connectivity index (χ1n) is 10.7. The molecule has 8 nitrogen and oxygen atoms in total. The Labute approximate surface area is 188 Å². The number of carbonyl (C=O) groups excluding carboxylic acids is 2. The van der Waals surface area contributed by atoms with E-state index in [9.17, 15) is 18.0 Å². The van der Waals surface area contributed by atoms with Crippen LogP contribution in [0.2, 0.25) is 0 Å². The summed E-state index contributed by atoms with van der Waals surface area (Å²) in [4.78, 5) is 27.2. The Morgan fingerprint density at radius 2 is 1.69 bits per heavy atom. The van der Waals surface area contributed by atoms with Gasteiger partial charge in [-0.2, -0.15) is 0 Å². The second-order valence-corrected chi connectivity index (χ2v) is 9.87. The number of nitrogens with one attached hydrogen (secondary N) is 2. The second-order valence-electron chi connectivity index (χ2n) is 8.18. The van der Waals surface area contributed by atoms with E-state index >= 15 is 0 Å². The number of piperidine rings is 1. The zero-order valence-electron chi connectivity index (χ0n) is 17.9. The summed E-state index contributed by atoms with van der Waals surface area (Å²) >= 11 is 0. The van der Waals surface area contributed by atoms with E-state index in [2.05, 4.69) is 10.0 Å². The van der Waals surface area contributed by atoms with Crippen LogP contribution >= 0.6 is 0 Å². The molecule has 1 saturated carbocycles. The van der Waals surface area contributed by atoms with Gasteiger partial charge in [0.05, 0.1) is 7.11 Å². The van der Waals surface area contributed by atoms with Crippen LogP contribution in [-0.4, -0.2) is 51.4 Å². The van der Waals surface area contributed by atoms with Crippen molar-refractivity contribution in [3.8, 4) is 5.75 Å². The Morgan fingerprint density at radius 3 is 2.31 bits per heavy atom. The zero-order valence-corrected chi connectivity index (χ0v) is 18.7. The number of methoxy groups -OCH3 is 1. The summed E-state index contributed by atoms with van der Waals surface area (Å²) in [6.07, 6.45) is 2.73. The number of sulfonamides is 1. The molecule has 0 spiro atoms. The Balaban J connectivity index is 1.41. The molecule has 2 N–H and O–H groups in total. The molecule has 32 heavy (non-hydrogen) atoms. The number of likely N-dealkylation sites (tertiary alicyclic amines) is 1. The number of amides is 2. The summed E-state index contributed by atoms with van der Waals surface area (Å²) < 4.78 is 33.3. The molecule has 2 amide bonds. The summed E-state index contributed by atoms with van der Waals surface area (Å²) in [5, 5.41) is 2.91. The zero-order chi connectivity index (χ0) is 22.7. The van der Waals surface area contributed by atoms with Crippen molar-refractivity contribution >= 4 is 27.5 Å². The van der Waals surface area contributed by atoms with Crippen LogP contribution in [0.1, 0.15) is 36.0 Å². The lowest BCUT2D eigenvalue weighted by molar-refractivity contribution is -0.121. The highest BCUT2D eigenvalue weighted by molar-refractivity contribution is 7.89. The maximum absolute atomic E-state index is 13.0. The minimum absolute atomic E-state index is 0.0325. The monoisotopic (exact) mass is 457 g/mol. The number of para-hydroxylation sites is 1. The topological polar surface area (TPSA) is 105 Å². The normalized spacial score (nSPS) is 17.1. The van der Waals surface area contributed by atoms with Crippen LogP contribution in [-0.2, 0) is 14.8 Å². The van der Waals surface area contributed by atoms with Gasteiger partial charge in [-0.3, -0.25) is 9.59 Å². The maximum atomic E-state index is 13.0. The van der Waals surface area contributed by atoms with Crippen molar-refractivity contribution in [2.45, 2.75) is 36.6 Å². The first-order valence-corrected chi connectivity index (χ1v) is 12.2. The van der Waals surface area contributed by atoms with Gasteiger partial charge in [0, 0.05) is 36.3 Å². The second kappa shape index (κ2) is 9.30. The van der Waals surface area contributed by atoms with Crippen LogP contribution in [0.3, 0.4) is 0 Å². The van der Waals surface area contributed by atoms with E-state index in [0.29, 0.717) is 25.9 Å².